The first kappa shape index (κ1) is 29.7. The summed E-state index contributed by atoms with van der Waals surface area (Å²) in [5.41, 5.74) is 1.25. The first-order valence-corrected chi connectivity index (χ1v) is 12.5. The van der Waals surface area contributed by atoms with E-state index in [0.29, 0.717) is 11.1 Å². The molecule has 1 aromatic carbocycles. The summed E-state index contributed by atoms with van der Waals surface area (Å²) in [6, 6.07) is 6.16. The van der Waals surface area contributed by atoms with Crippen molar-refractivity contribution in [2.75, 3.05) is 27.4 Å². The van der Waals surface area contributed by atoms with Crippen LogP contribution < -0.4 is 0 Å². The monoisotopic (exact) mass is 564 g/mol. The van der Waals surface area contributed by atoms with Gasteiger partial charge in [0, 0.05) is 19.1 Å². The van der Waals surface area contributed by atoms with Crippen LogP contribution in [0.15, 0.2) is 53.8 Å². The van der Waals surface area contributed by atoms with Gasteiger partial charge >= 0.3 is 11.9 Å². The van der Waals surface area contributed by atoms with Gasteiger partial charge < -0.3 is 54.0 Å². The molecular formula is C27H32O13. The molecule has 3 aliphatic rings. The van der Waals surface area contributed by atoms with E-state index in [4.69, 9.17) is 28.4 Å². The fourth-order valence-electron chi connectivity index (χ4n) is 4.95. The van der Waals surface area contributed by atoms with E-state index in [0.717, 1.165) is 6.26 Å². The molecule has 40 heavy (non-hydrogen) atoms. The Kier molecular flexibility index (Phi) is 9.58. The maximum atomic E-state index is 12.8. The molecule has 13 heteroatoms. The first-order chi connectivity index (χ1) is 19.2. The van der Waals surface area contributed by atoms with Crippen LogP contribution in [0.3, 0.4) is 0 Å². The van der Waals surface area contributed by atoms with Gasteiger partial charge in [0.25, 0.3) is 0 Å². The highest BCUT2D eigenvalue weighted by Crippen LogP contribution is 2.46. The number of rotatable bonds is 9. The van der Waals surface area contributed by atoms with Crippen LogP contribution in [0.25, 0.3) is 6.08 Å². The van der Waals surface area contributed by atoms with Gasteiger partial charge in [0.1, 0.15) is 36.3 Å². The second kappa shape index (κ2) is 12.9. The van der Waals surface area contributed by atoms with Gasteiger partial charge in [-0.25, -0.2) is 9.59 Å². The standard InChI is InChI=1S/C27H32O13/c1-35-11-14-9-17(38-19(30)8-5-13-3-6-15(29)7-4-13)21-16(25(34)36-2)12-37-26(20(14)21)40-27-24(33)23(32)22(31)18(10-28)39-27/h3-9,12,17-18,20-24,26-29,31-33H,10-11H2,1-2H3/t17-,18-,20-,21-,22-,23+,24-,26+,27-/m1/s1. The molecule has 0 bridgehead atoms. The fourth-order valence-corrected chi connectivity index (χ4v) is 4.95. The average molecular weight is 565 g/mol. The van der Waals surface area contributed by atoms with Gasteiger partial charge in [-0.3, -0.25) is 0 Å². The average Bonchev–Trinajstić information content (AvgIpc) is 3.30. The van der Waals surface area contributed by atoms with Gasteiger partial charge in [-0.2, -0.15) is 0 Å². The Balaban J connectivity index is 1.59. The number of esters is 2. The van der Waals surface area contributed by atoms with Crippen LogP contribution in [0.5, 0.6) is 5.75 Å². The van der Waals surface area contributed by atoms with E-state index in [2.05, 4.69) is 0 Å². The highest BCUT2D eigenvalue weighted by atomic mass is 16.8. The van der Waals surface area contributed by atoms with Crippen LogP contribution in [0.2, 0.25) is 0 Å². The molecule has 1 saturated heterocycles. The van der Waals surface area contributed by atoms with Crippen LogP contribution in [-0.4, -0.2) is 108 Å². The Bertz CT molecular complexity index is 1140. The smallest absolute Gasteiger partial charge is 0.337 e. The SMILES string of the molecule is COCC1=C[C@@H](OC(=O)C=Cc2ccc(O)cc2)[C@H]2C(C(=O)OC)=CO[C@@H](O[C@H]3O[C@H](CO)[C@@H](O)[C@H](O)[C@H]3O)[C@H]12. The van der Waals surface area contributed by atoms with Crippen LogP contribution in [0.1, 0.15) is 5.56 Å². The number of hydrogen-bond acceptors (Lipinski definition) is 13. The summed E-state index contributed by atoms with van der Waals surface area (Å²) in [4.78, 5) is 25.4. The molecule has 1 aromatic rings. The Hall–Kier alpha value is -3.30. The van der Waals surface area contributed by atoms with Crippen LogP contribution in [0.4, 0.5) is 0 Å². The van der Waals surface area contributed by atoms with Crippen molar-refractivity contribution in [3.8, 4) is 5.75 Å². The topological polar surface area (TPSA) is 191 Å². The number of phenolic OH excluding ortho intramolecular Hbond substituents is 1. The van der Waals surface area contributed by atoms with E-state index >= 15 is 0 Å². The molecule has 1 fully saturated rings. The van der Waals surface area contributed by atoms with Crippen molar-refractivity contribution < 1.29 is 63.5 Å². The van der Waals surface area contributed by atoms with Crippen molar-refractivity contribution in [2.45, 2.75) is 43.1 Å². The highest BCUT2D eigenvalue weighted by molar-refractivity contribution is 5.90. The number of carbonyl (C=O) groups is 2. The van der Waals surface area contributed by atoms with Crippen molar-refractivity contribution >= 4 is 18.0 Å². The lowest BCUT2D eigenvalue weighted by Gasteiger charge is -2.43. The van der Waals surface area contributed by atoms with Gasteiger partial charge in [0.05, 0.1) is 38.1 Å². The lowest BCUT2D eigenvalue weighted by atomic mass is 9.82. The Morgan fingerprint density at radius 1 is 1.00 bits per heavy atom. The summed E-state index contributed by atoms with van der Waals surface area (Å²) >= 11 is 0. The number of aromatic hydroxyl groups is 1. The predicted octanol–water partition coefficient (Wildman–Crippen LogP) is -0.634. The van der Waals surface area contributed by atoms with Gasteiger partial charge in [-0.05, 0) is 35.4 Å². The summed E-state index contributed by atoms with van der Waals surface area (Å²) in [5, 5.41) is 49.6. The number of aliphatic hydroxyl groups is 4. The van der Waals surface area contributed by atoms with Gasteiger partial charge in [0.2, 0.25) is 6.29 Å². The van der Waals surface area contributed by atoms with E-state index in [-0.39, 0.29) is 17.9 Å². The molecule has 1 aliphatic carbocycles. The number of hydrogen-bond donors (Lipinski definition) is 5. The van der Waals surface area contributed by atoms with Crippen molar-refractivity contribution in [3.63, 3.8) is 0 Å². The zero-order chi connectivity index (χ0) is 29.0. The first-order valence-electron chi connectivity index (χ1n) is 12.5. The normalized spacial score (nSPS) is 33.5. The zero-order valence-electron chi connectivity index (χ0n) is 21.7. The summed E-state index contributed by atoms with van der Waals surface area (Å²) in [6.07, 6.45) is -4.46. The van der Waals surface area contributed by atoms with Gasteiger partial charge in [-0.1, -0.05) is 12.1 Å². The van der Waals surface area contributed by atoms with Crippen LogP contribution in [0, 0.1) is 11.8 Å². The Labute approximate surface area is 229 Å². The maximum Gasteiger partial charge on any atom is 0.337 e. The number of phenols is 1. The van der Waals surface area contributed by atoms with E-state index < -0.39 is 73.5 Å². The predicted molar refractivity (Wildman–Crippen MR) is 134 cm³/mol. The van der Waals surface area contributed by atoms with Crippen molar-refractivity contribution in [1.29, 1.82) is 0 Å². The molecule has 5 N–H and O–H groups in total. The molecule has 9 atom stereocenters. The molecule has 0 aromatic heterocycles. The summed E-state index contributed by atoms with van der Waals surface area (Å²) < 4.78 is 33.0. The highest BCUT2D eigenvalue weighted by Gasteiger charge is 2.53. The number of ether oxygens (including phenoxy) is 6. The van der Waals surface area contributed by atoms with E-state index in [1.165, 1.54) is 38.5 Å². The quantitative estimate of drug-likeness (QED) is 0.145. The van der Waals surface area contributed by atoms with E-state index in [1.54, 1.807) is 18.2 Å². The van der Waals surface area contributed by atoms with Gasteiger partial charge in [0.15, 0.2) is 6.29 Å². The second-order valence-electron chi connectivity index (χ2n) is 9.46. The second-order valence-corrected chi connectivity index (χ2v) is 9.46. The lowest BCUT2D eigenvalue weighted by molar-refractivity contribution is -0.340. The molecule has 0 amide bonds. The van der Waals surface area contributed by atoms with E-state index in [9.17, 15) is 35.1 Å². The minimum atomic E-state index is -1.69. The van der Waals surface area contributed by atoms with Crippen molar-refractivity contribution in [1.82, 2.24) is 0 Å². The molecule has 0 radical (unpaired) electrons. The van der Waals surface area contributed by atoms with Crippen LogP contribution >= 0.6 is 0 Å². The third-order valence-corrected chi connectivity index (χ3v) is 6.93. The van der Waals surface area contributed by atoms with Crippen LogP contribution in [-0.2, 0) is 38.0 Å². The van der Waals surface area contributed by atoms with E-state index in [1.807, 2.05) is 0 Å². The summed E-state index contributed by atoms with van der Waals surface area (Å²) in [6.45, 7) is -0.607. The molecule has 13 nitrogen and oxygen atoms in total. The number of methoxy groups -OCH3 is 2. The van der Waals surface area contributed by atoms with Crippen molar-refractivity contribution in [2.24, 2.45) is 11.8 Å². The fraction of sp³-hybridized carbons (Fsp3) is 0.481. The summed E-state index contributed by atoms with van der Waals surface area (Å²) in [7, 11) is 2.64. The molecule has 2 heterocycles. The molecule has 2 aliphatic heterocycles. The van der Waals surface area contributed by atoms with Crippen molar-refractivity contribution in [3.05, 3.63) is 59.4 Å². The number of carbonyl (C=O) groups excluding carboxylic acids is 2. The largest absolute Gasteiger partial charge is 0.508 e. The Morgan fingerprint density at radius 2 is 1.73 bits per heavy atom. The lowest BCUT2D eigenvalue weighted by Crippen LogP contribution is -2.60. The molecule has 0 saturated carbocycles. The molecular weight excluding hydrogens is 532 g/mol. The minimum Gasteiger partial charge on any atom is -0.508 e. The molecule has 0 spiro atoms. The summed E-state index contributed by atoms with van der Waals surface area (Å²) in [5.74, 6) is -2.99. The number of fused-ring (bicyclic) bond motifs is 1. The number of aliphatic hydroxyl groups excluding tert-OH is 4. The maximum absolute atomic E-state index is 12.8. The molecule has 0 unspecified atom stereocenters. The minimum absolute atomic E-state index is 0.0465. The zero-order valence-corrected chi connectivity index (χ0v) is 21.7. The number of benzene rings is 1. The Morgan fingerprint density at radius 3 is 2.38 bits per heavy atom. The third-order valence-electron chi connectivity index (χ3n) is 6.93. The van der Waals surface area contributed by atoms with Gasteiger partial charge in [-0.15, -0.1) is 0 Å². The molecule has 218 valence electrons. The molecule has 4 rings (SSSR count). The third kappa shape index (κ3) is 6.20.